The summed E-state index contributed by atoms with van der Waals surface area (Å²) in [5, 5.41) is 0. The van der Waals surface area contributed by atoms with Crippen molar-refractivity contribution in [1.29, 1.82) is 0 Å². The van der Waals surface area contributed by atoms with Crippen molar-refractivity contribution in [1.82, 2.24) is 3.80 Å². The average molecular weight is 371 g/mol. The zero-order valence-corrected chi connectivity index (χ0v) is 18.6. The average Bonchev–Trinajstić information content (AvgIpc) is 2.39. The topological polar surface area (TPSA) is 12.0 Å². The standard InChI is InChI=1S/C9H13.C4H10N.C2H7Si.2ClH.Ti/c1-6-5-7(2)9(4)8(6)3;1-4(2,3)5;1-3-2;;;/h6H,1-4H3;5H,1-3H3;3H,1-2H3;2*1H;/q;-1;;;;+3/p-2. The Labute approximate surface area is 145 Å². The third-order valence-corrected chi connectivity index (χ3v) is 16.2. The van der Waals surface area contributed by atoms with E-state index in [-0.39, 0.29) is 30.4 Å². The first-order chi connectivity index (χ1) is 8.06. The van der Waals surface area contributed by atoms with Crippen molar-refractivity contribution in [2.24, 2.45) is 5.92 Å². The van der Waals surface area contributed by atoms with Gasteiger partial charge in [-0.3, -0.25) is 0 Å². The summed E-state index contributed by atoms with van der Waals surface area (Å²) in [6.45, 7) is 20.8. The molecular weight excluding hydrogens is 341 g/mol. The van der Waals surface area contributed by atoms with Crippen molar-refractivity contribution in [2.45, 2.75) is 67.1 Å². The Kier molecular flexibility index (Phi) is 9.93. The summed E-state index contributed by atoms with van der Waals surface area (Å²) in [5.41, 5.74) is 5.06. The van der Waals surface area contributed by atoms with Crippen molar-refractivity contribution >= 4 is 6.66 Å². The molecule has 0 spiro atoms. The van der Waals surface area contributed by atoms with Crippen LogP contribution < -0.4 is 28.6 Å². The smallest absolute Gasteiger partial charge is 1.00 e. The number of nitrogens with one attached hydrogen (secondary N) is 1. The van der Waals surface area contributed by atoms with Gasteiger partial charge in [0.05, 0.1) is 0 Å². The summed E-state index contributed by atoms with van der Waals surface area (Å²) in [6.07, 6.45) is 0. The van der Waals surface area contributed by atoms with E-state index >= 15 is 0 Å². The molecule has 1 N–H and O–H groups in total. The van der Waals surface area contributed by atoms with E-state index in [1.165, 1.54) is 0 Å². The molecule has 0 bridgehead atoms. The van der Waals surface area contributed by atoms with Gasteiger partial charge >= 0.3 is 121 Å². The second-order valence-electron chi connectivity index (χ2n) is 7.01. The molecule has 1 aliphatic rings. The zero-order chi connectivity index (χ0) is 14.2. The van der Waals surface area contributed by atoms with E-state index in [1.807, 2.05) is 3.88 Å². The minimum Gasteiger partial charge on any atom is -1.00 e. The first-order valence-electron chi connectivity index (χ1n) is 7.10. The van der Waals surface area contributed by atoms with Gasteiger partial charge in [0.25, 0.3) is 0 Å². The maximum absolute atomic E-state index is 4.04. The molecule has 1 atom stereocenters. The number of halogens is 2. The van der Waals surface area contributed by atoms with Crippen LogP contribution in [0.5, 0.6) is 0 Å². The fourth-order valence-electron chi connectivity index (χ4n) is 2.73. The summed E-state index contributed by atoms with van der Waals surface area (Å²) >= 11 is -1.26. The summed E-state index contributed by atoms with van der Waals surface area (Å²) < 4.78 is 5.88. The quantitative estimate of drug-likeness (QED) is 0.575. The number of rotatable bonds is 3. The van der Waals surface area contributed by atoms with Gasteiger partial charge in [0, 0.05) is 0 Å². The van der Waals surface area contributed by atoms with Crippen molar-refractivity contribution in [3.63, 3.8) is 0 Å². The molecule has 0 heterocycles. The molecule has 1 rings (SSSR count). The minimum absolute atomic E-state index is 0. The number of hydrogen-bond donors (Lipinski definition) is 1. The summed E-state index contributed by atoms with van der Waals surface area (Å²) in [7, 11) is 0. The van der Waals surface area contributed by atoms with Gasteiger partial charge in [-0.05, 0) is 0 Å². The van der Waals surface area contributed by atoms with Crippen LogP contribution >= 0.6 is 0 Å². The van der Waals surface area contributed by atoms with Gasteiger partial charge in [-0.25, -0.2) is 0 Å². The van der Waals surface area contributed by atoms with Crippen LogP contribution in [0, 0.1) is 5.92 Å². The van der Waals surface area contributed by atoms with Crippen LogP contribution in [0.25, 0.3) is 0 Å². The van der Waals surface area contributed by atoms with Crippen LogP contribution in [0.2, 0.25) is 13.1 Å². The van der Waals surface area contributed by atoms with Crippen molar-refractivity contribution in [2.75, 3.05) is 0 Å². The van der Waals surface area contributed by atoms with Crippen molar-refractivity contribution in [3.05, 3.63) is 20.6 Å². The molecule has 0 aromatic carbocycles. The van der Waals surface area contributed by atoms with E-state index in [0.29, 0.717) is 5.92 Å². The molecule has 0 aromatic heterocycles. The largest absolute Gasteiger partial charge is 1.00 e. The summed E-state index contributed by atoms with van der Waals surface area (Å²) in [6, 6.07) is 0. The Hall–Kier alpha value is 0.951. The molecule has 117 valence electrons. The molecule has 20 heavy (non-hydrogen) atoms. The number of hydrogen-bond acceptors (Lipinski definition) is 1. The maximum Gasteiger partial charge on any atom is -1.00 e. The zero-order valence-electron chi connectivity index (χ0n) is 14.4. The van der Waals surface area contributed by atoms with E-state index in [1.54, 1.807) is 16.7 Å². The van der Waals surface area contributed by atoms with Gasteiger partial charge in [-0.15, -0.1) is 0 Å². The second-order valence-corrected chi connectivity index (χ2v) is 19.6. The predicted molar refractivity (Wildman–Crippen MR) is 82.0 cm³/mol. The first-order valence-corrected chi connectivity index (χ1v) is 14.3. The van der Waals surface area contributed by atoms with Crippen molar-refractivity contribution < 1.29 is 42.2 Å². The van der Waals surface area contributed by atoms with Crippen LogP contribution in [0.15, 0.2) is 20.6 Å². The van der Waals surface area contributed by atoms with Gasteiger partial charge < -0.3 is 24.8 Å². The molecule has 0 radical (unpaired) electrons. The molecule has 1 aliphatic carbocycles. The molecule has 0 aromatic rings. The van der Waals surface area contributed by atoms with E-state index in [4.69, 9.17) is 0 Å². The molecule has 5 heteroatoms. The molecule has 1 unspecified atom stereocenters. The van der Waals surface area contributed by atoms with E-state index in [9.17, 15) is 0 Å². The number of allylic oxidation sites excluding steroid dienone is 4. The van der Waals surface area contributed by atoms with E-state index in [0.717, 1.165) is 0 Å². The van der Waals surface area contributed by atoms with Crippen molar-refractivity contribution in [3.8, 4) is 0 Å². The van der Waals surface area contributed by atoms with Gasteiger partial charge in [-0.2, -0.15) is 0 Å². The molecule has 1 nitrogen and oxygen atoms in total. The Morgan fingerprint density at radius 3 is 1.70 bits per heavy atom. The Morgan fingerprint density at radius 2 is 1.45 bits per heavy atom. The van der Waals surface area contributed by atoms with Crippen LogP contribution in [0.4, 0.5) is 0 Å². The monoisotopic (exact) mass is 370 g/mol. The molecular formula is C15H30Cl2NSiTi. The third kappa shape index (κ3) is 5.30. The molecule has 0 fully saturated rings. The van der Waals surface area contributed by atoms with Gasteiger partial charge in [-0.1, -0.05) is 0 Å². The van der Waals surface area contributed by atoms with Crippen LogP contribution in [0.1, 0.15) is 48.5 Å². The third-order valence-electron chi connectivity index (χ3n) is 4.02. The summed E-state index contributed by atoms with van der Waals surface area (Å²) in [5.74, 6) is 0.699. The predicted octanol–water partition coefficient (Wildman–Crippen LogP) is -1.84. The minimum atomic E-state index is -1.26. The Morgan fingerprint density at radius 1 is 1.00 bits per heavy atom. The fourth-order valence-corrected chi connectivity index (χ4v) is 15.1. The SMILES string of the molecule is CC1=C(C)C(C)[C]([Ti+2]([NH]C(C)(C)C)[SiH](C)C)=C1C.[Cl-].[Cl-]. The van der Waals surface area contributed by atoms with Crippen LogP contribution in [-0.2, 0) is 17.4 Å². The first kappa shape index (κ1) is 23.2. The van der Waals surface area contributed by atoms with Crippen LogP contribution in [0.3, 0.4) is 0 Å². The molecule has 0 saturated carbocycles. The van der Waals surface area contributed by atoms with E-state index in [2.05, 4.69) is 65.4 Å². The Balaban J connectivity index is 0. The molecule has 0 amide bonds. The molecule has 0 aliphatic heterocycles. The summed E-state index contributed by atoms with van der Waals surface area (Å²) in [4.78, 5) is 0. The van der Waals surface area contributed by atoms with Crippen LogP contribution in [-0.4, -0.2) is 12.2 Å². The van der Waals surface area contributed by atoms with Gasteiger partial charge in [0.1, 0.15) is 0 Å². The Bertz CT molecular complexity index is 397. The molecule has 0 saturated heterocycles. The van der Waals surface area contributed by atoms with E-state index < -0.39 is 24.0 Å². The fraction of sp³-hybridized carbons (Fsp3) is 0.733. The normalized spacial score (nSPS) is 19.2. The van der Waals surface area contributed by atoms with Gasteiger partial charge in [0.2, 0.25) is 0 Å². The van der Waals surface area contributed by atoms with Gasteiger partial charge in [0.15, 0.2) is 0 Å². The maximum atomic E-state index is 4.04. The second kappa shape index (κ2) is 8.55.